The maximum absolute atomic E-state index is 11.8. The van der Waals surface area contributed by atoms with Crippen molar-refractivity contribution in [2.75, 3.05) is 25.0 Å². The molecule has 1 unspecified atom stereocenters. The van der Waals surface area contributed by atoms with Crippen molar-refractivity contribution in [2.45, 2.75) is 12.5 Å². The third-order valence-corrected chi connectivity index (χ3v) is 2.99. The molecule has 19 heavy (non-hydrogen) atoms. The third-order valence-electron chi connectivity index (χ3n) is 2.99. The van der Waals surface area contributed by atoms with Crippen LogP contribution in [0.15, 0.2) is 24.3 Å². The van der Waals surface area contributed by atoms with Crippen LogP contribution in [0.2, 0.25) is 0 Å². The predicted molar refractivity (Wildman–Crippen MR) is 68.8 cm³/mol. The smallest absolute Gasteiger partial charge is 0.292 e. The summed E-state index contributed by atoms with van der Waals surface area (Å²) in [5.74, 6) is -0.316. The predicted octanol–water partition coefficient (Wildman–Crippen LogP) is 0.600. The number of anilines is 1. The van der Waals surface area contributed by atoms with Crippen LogP contribution < -0.4 is 5.32 Å². The molecule has 7 nitrogen and oxygen atoms in total. The van der Waals surface area contributed by atoms with Gasteiger partial charge < -0.3 is 10.4 Å². The zero-order valence-corrected chi connectivity index (χ0v) is 10.3. The van der Waals surface area contributed by atoms with E-state index in [-0.39, 0.29) is 29.9 Å². The van der Waals surface area contributed by atoms with Crippen LogP contribution in [0.3, 0.4) is 0 Å². The number of carbonyl (C=O) groups excluding carboxylic acids is 1. The Morgan fingerprint density at radius 2 is 2.26 bits per heavy atom. The molecule has 1 fully saturated rings. The highest BCUT2D eigenvalue weighted by molar-refractivity contribution is 5.94. The number of β-amino-alcohol motifs (C(OH)–C–C–N with tert-alkyl or cyclic N) is 1. The number of amides is 1. The fourth-order valence-electron chi connectivity index (χ4n) is 2.09. The maximum Gasteiger partial charge on any atom is 0.292 e. The van der Waals surface area contributed by atoms with Gasteiger partial charge in [-0.1, -0.05) is 12.1 Å². The number of nitrogens with zero attached hydrogens (tertiary/aromatic N) is 2. The van der Waals surface area contributed by atoms with E-state index >= 15 is 0 Å². The second-order valence-electron chi connectivity index (χ2n) is 4.50. The summed E-state index contributed by atoms with van der Waals surface area (Å²) in [5.41, 5.74) is 0.0644. The Hall–Kier alpha value is -1.99. The molecule has 1 aliphatic heterocycles. The number of nitrogens with one attached hydrogen (secondary N) is 1. The molecular weight excluding hydrogens is 250 g/mol. The molecule has 2 rings (SSSR count). The summed E-state index contributed by atoms with van der Waals surface area (Å²) in [6.45, 7) is 1.25. The van der Waals surface area contributed by atoms with E-state index in [1.54, 1.807) is 12.1 Å². The molecule has 2 N–H and O–H groups in total. The minimum absolute atomic E-state index is 0.127. The van der Waals surface area contributed by atoms with Gasteiger partial charge in [-0.25, -0.2) is 0 Å². The molecule has 7 heteroatoms. The molecule has 0 aliphatic carbocycles. The standard InChI is InChI=1S/C12H15N3O4/c16-9-5-6-14(7-9)8-12(17)13-10-3-1-2-4-11(10)15(18)19/h1-4,9,16H,5-8H2,(H,13,17). The first-order chi connectivity index (χ1) is 9.06. The summed E-state index contributed by atoms with van der Waals surface area (Å²) in [6.07, 6.45) is 0.262. The van der Waals surface area contributed by atoms with Crippen molar-refractivity contribution in [3.05, 3.63) is 34.4 Å². The highest BCUT2D eigenvalue weighted by Crippen LogP contribution is 2.23. The van der Waals surface area contributed by atoms with Gasteiger partial charge in [0.25, 0.3) is 5.69 Å². The summed E-state index contributed by atoms with van der Waals surface area (Å²) < 4.78 is 0. The van der Waals surface area contributed by atoms with Crippen molar-refractivity contribution in [1.82, 2.24) is 4.90 Å². The Labute approximate surface area is 110 Å². The second-order valence-corrected chi connectivity index (χ2v) is 4.50. The molecule has 0 saturated carbocycles. The van der Waals surface area contributed by atoms with Crippen molar-refractivity contribution >= 4 is 17.3 Å². The molecule has 1 aromatic rings. The average Bonchev–Trinajstić information content (AvgIpc) is 2.75. The highest BCUT2D eigenvalue weighted by Gasteiger charge is 2.23. The molecule has 1 atom stereocenters. The minimum Gasteiger partial charge on any atom is -0.392 e. The van der Waals surface area contributed by atoms with Gasteiger partial charge >= 0.3 is 0 Å². The number of nitro groups is 1. The zero-order valence-electron chi connectivity index (χ0n) is 10.3. The highest BCUT2D eigenvalue weighted by atomic mass is 16.6. The van der Waals surface area contributed by atoms with Crippen LogP contribution in [0.25, 0.3) is 0 Å². The number of aliphatic hydroxyl groups excluding tert-OH is 1. The average molecular weight is 265 g/mol. The number of likely N-dealkylation sites (tertiary alicyclic amines) is 1. The number of hydrogen-bond acceptors (Lipinski definition) is 5. The van der Waals surface area contributed by atoms with Crippen LogP contribution in [-0.4, -0.2) is 46.6 Å². The fraction of sp³-hybridized carbons (Fsp3) is 0.417. The van der Waals surface area contributed by atoms with Gasteiger partial charge in [0.05, 0.1) is 17.6 Å². The van der Waals surface area contributed by atoms with Crippen molar-refractivity contribution < 1.29 is 14.8 Å². The van der Waals surface area contributed by atoms with E-state index in [2.05, 4.69) is 5.32 Å². The van der Waals surface area contributed by atoms with Crippen LogP contribution in [0, 0.1) is 10.1 Å². The number of carbonyl (C=O) groups is 1. The zero-order chi connectivity index (χ0) is 13.8. The molecule has 102 valence electrons. The Balaban J connectivity index is 1.97. The molecule has 1 aliphatic rings. The molecule has 0 aromatic heterocycles. The molecule has 1 amide bonds. The van der Waals surface area contributed by atoms with Crippen LogP contribution in [0.4, 0.5) is 11.4 Å². The quantitative estimate of drug-likeness (QED) is 0.614. The van der Waals surface area contributed by atoms with Crippen molar-refractivity contribution in [2.24, 2.45) is 0 Å². The van der Waals surface area contributed by atoms with Gasteiger partial charge in [0.2, 0.25) is 5.91 Å². The van der Waals surface area contributed by atoms with Gasteiger partial charge in [-0.15, -0.1) is 0 Å². The van der Waals surface area contributed by atoms with Crippen LogP contribution in [0.5, 0.6) is 0 Å². The summed E-state index contributed by atoms with van der Waals surface area (Å²) in [7, 11) is 0. The Bertz CT molecular complexity index is 492. The molecule has 1 saturated heterocycles. The summed E-state index contributed by atoms with van der Waals surface area (Å²) >= 11 is 0. The lowest BCUT2D eigenvalue weighted by Gasteiger charge is -2.14. The van der Waals surface area contributed by atoms with Crippen LogP contribution in [-0.2, 0) is 4.79 Å². The van der Waals surface area contributed by atoms with E-state index in [1.807, 2.05) is 4.90 Å². The topological polar surface area (TPSA) is 95.7 Å². The van der Waals surface area contributed by atoms with E-state index in [1.165, 1.54) is 12.1 Å². The summed E-state index contributed by atoms with van der Waals surface area (Å²) in [5, 5.41) is 22.7. The first kappa shape index (κ1) is 13.4. The number of benzene rings is 1. The van der Waals surface area contributed by atoms with Gasteiger partial charge in [-0.05, 0) is 12.5 Å². The van der Waals surface area contributed by atoms with E-state index < -0.39 is 4.92 Å². The number of aliphatic hydroxyl groups is 1. The Morgan fingerprint density at radius 1 is 1.53 bits per heavy atom. The van der Waals surface area contributed by atoms with Crippen LogP contribution in [0.1, 0.15) is 6.42 Å². The molecular formula is C12H15N3O4. The Kier molecular flexibility index (Phi) is 4.08. The van der Waals surface area contributed by atoms with E-state index in [0.29, 0.717) is 19.5 Å². The van der Waals surface area contributed by atoms with Gasteiger partial charge in [0.1, 0.15) is 5.69 Å². The number of nitro benzene ring substituents is 1. The first-order valence-corrected chi connectivity index (χ1v) is 6.00. The van der Waals surface area contributed by atoms with E-state index in [9.17, 15) is 20.0 Å². The van der Waals surface area contributed by atoms with Crippen molar-refractivity contribution in [3.8, 4) is 0 Å². The van der Waals surface area contributed by atoms with Gasteiger partial charge in [0.15, 0.2) is 0 Å². The van der Waals surface area contributed by atoms with Gasteiger partial charge in [-0.3, -0.25) is 19.8 Å². The van der Waals surface area contributed by atoms with Gasteiger partial charge in [0, 0.05) is 19.2 Å². The van der Waals surface area contributed by atoms with E-state index in [4.69, 9.17) is 0 Å². The Morgan fingerprint density at radius 3 is 2.89 bits per heavy atom. The molecule has 1 heterocycles. The normalized spacial score (nSPS) is 19.3. The van der Waals surface area contributed by atoms with E-state index in [0.717, 1.165) is 0 Å². The monoisotopic (exact) mass is 265 g/mol. The maximum atomic E-state index is 11.8. The van der Waals surface area contributed by atoms with Crippen LogP contribution >= 0.6 is 0 Å². The van der Waals surface area contributed by atoms with Crippen molar-refractivity contribution in [3.63, 3.8) is 0 Å². The SMILES string of the molecule is O=C(CN1CCC(O)C1)Nc1ccccc1[N+](=O)[O-]. The second kappa shape index (κ2) is 5.77. The number of rotatable bonds is 4. The molecule has 0 radical (unpaired) electrons. The lowest BCUT2D eigenvalue weighted by Crippen LogP contribution is -2.32. The fourth-order valence-corrected chi connectivity index (χ4v) is 2.09. The van der Waals surface area contributed by atoms with Gasteiger partial charge in [-0.2, -0.15) is 0 Å². The first-order valence-electron chi connectivity index (χ1n) is 6.00. The number of hydrogen-bond donors (Lipinski definition) is 2. The lowest BCUT2D eigenvalue weighted by molar-refractivity contribution is -0.383. The largest absolute Gasteiger partial charge is 0.392 e. The summed E-state index contributed by atoms with van der Waals surface area (Å²) in [6, 6.07) is 6.01. The molecule has 0 bridgehead atoms. The molecule has 1 aromatic carbocycles. The van der Waals surface area contributed by atoms with Crippen molar-refractivity contribution in [1.29, 1.82) is 0 Å². The lowest BCUT2D eigenvalue weighted by atomic mass is 10.2. The third kappa shape index (κ3) is 3.49. The number of para-hydroxylation sites is 2. The minimum atomic E-state index is -0.533. The summed E-state index contributed by atoms with van der Waals surface area (Å²) in [4.78, 5) is 23.9. The molecule has 0 spiro atoms.